The molecule has 196 valence electrons. The summed E-state index contributed by atoms with van der Waals surface area (Å²) in [5.74, 6) is 1.37. The molecule has 1 aromatic carbocycles. The first-order valence-electron chi connectivity index (χ1n) is 13.2. The number of aryl methyl sites for hydroxylation is 1. The Morgan fingerprint density at radius 2 is 2.03 bits per heavy atom. The van der Waals surface area contributed by atoms with E-state index in [0.29, 0.717) is 50.8 Å². The molecule has 10 heteroatoms. The van der Waals surface area contributed by atoms with Crippen molar-refractivity contribution in [3.63, 3.8) is 0 Å². The number of aromatic nitrogens is 5. The lowest BCUT2D eigenvalue weighted by atomic mass is 10.1. The van der Waals surface area contributed by atoms with Crippen LogP contribution in [-0.2, 0) is 11.3 Å². The standard InChI is InChI=1S/C28H32N8O2/c1-20-5-2-6-21(15-20)18-36-19-31-24-25(30-17-23-8-4-14-38-23)32-28(33-26(24)36)35-12-10-34(11-13-35)27(37)22-7-3-9-29-16-22/h2-3,5-7,9,15-16,19,23H,4,8,10-14,17-18H2,1H3,(H,30,32,33). The fourth-order valence-corrected chi connectivity index (χ4v) is 5.12. The number of hydrogen-bond acceptors (Lipinski definition) is 8. The van der Waals surface area contributed by atoms with Gasteiger partial charge in [0, 0.05) is 51.7 Å². The summed E-state index contributed by atoms with van der Waals surface area (Å²) in [4.78, 5) is 35.6. The zero-order valence-corrected chi connectivity index (χ0v) is 21.6. The molecule has 5 heterocycles. The van der Waals surface area contributed by atoms with Crippen LogP contribution in [0.1, 0.15) is 34.3 Å². The van der Waals surface area contributed by atoms with E-state index in [-0.39, 0.29) is 12.0 Å². The molecule has 0 radical (unpaired) electrons. The molecule has 0 saturated carbocycles. The third-order valence-electron chi connectivity index (χ3n) is 7.17. The lowest BCUT2D eigenvalue weighted by molar-refractivity contribution is 0.0746. The minimum absolute atomic E-state index is 0.00395. The molecule has 3 aromatic heterocycles. The van der Waals surface area contributed by atoms with Gasteiger partial charge in [0.25, 0.3) is 5.91 Å². The van der Waals surface area contributed by atoms with E-state index < -0.39 is 0 Å². The van der Waals surface area contributed by atoms with Gasteiger partial charge in [-0.05, 0) is 37.5 Å². The Morgan fingerprint density at radius 3 is 2.79 bits per heavy atom. The van der Waals surface area contributed by atoms with Crippen molar-refractivity contribution in [3.8, 4) is 0 Å². The maximum absolute atomic E-state index is 12.9. The Labute approximate surface area is 221 Å². The van der Waals surface area contributed by atoms with Crippen LogP contribution in [-0.4, -0.2) is 80.7 Å². The minimum atomic E-state index is 0.00395. The number of carbonyl (C=O) groups excluding carboxylic acids is 1. The summed E-state index contributed by atoms with van der Waals surface area (Å²) in [6.07, 6.45) is 7.45. The molecular weight excluding hydrogens is 480 g/mol. The number of nitrogens with one attached hydrogen (secondary N) is 1. The van der Waals surface area contributed by atoms with E-state index in [1.54, 1.807) is 24.5 Å². The predicted octanol–water partition coefficient (Wildman–Crippen LogP) is 3.13. The van der Waals surface area contributed by atoms with Gasteiger partial charge in [0.05, 0.1) is 24.5 Å². The molecule has 1 N–H and O–H groups in total. The van der Waals surface area contributed by atoms with Gasteiger partial charge in [-0.2, -0.15) is 9.97 Å². The van der Waals surface area contributed by atoms with E-state index in [1.165, 1.54) is 11.1 Å². The smallest absolute Gasteiger partial charge is 0.255 e. The fourth-order valence-electron chi connectivity index (χ4n) is 5.12. The molecule has 2 fully saturated rings. The molecule has 4 aromatic rings. The zero-order chi connectivity index (χ0) is 25.9. The van der Waals surface area contributed by atoms with Crippen molar-refractivity contribution in [1.29, 1.82) is 0 Å². The van der Waals surface area contributed by atoms with Gasteiger partial charge < -0.3 is 24.4 Å². The molecule has 6 rings (SSSR count). The number of imidazole rings is 1. The maximum Gasteiger partial charge on any atom is 0.255 e. The first kappa shape index (κ1) is 24.3. The summed E-state index contributed by atoms with van der Waals surface area (Å²) in [5.41, 5.74) is 4.57. The van der Waals surface area contributed by atoms with Crippen molar-refractivity contribution in [2.24, 2.45) is 0 Å². The van der Waals surface area contributed by atoms with Crippen molar-refractivity contribution < 1.29 is 9.53 Å². The van der Waals surface area contributed by atoms with Crippen molar-refractivity contribution in [2.75, 3.05) is 49.5 Å². The highest BCUT2D eigenvalue weighted by Crippen LogP contribution is 2.25. The Morgan fingerprint density at radius 1 is 1.13 bits per heavy atom. The minimum Gasteiger partial charge on any atom is -0.376 e. The summed E-state index contributed by atoms with van der Waals surface area (Å²) in [5, 5.41) is 3.49. The third-order valence-corrected chi connectivity index (χ3v) is 7.17. The molecule has 0 bridgehead atoms. The Bertz CT molecular complexity index is 1410. The number of fused-ring (bicyclic) bond motifs is 1. The molecule has 2 aliphatic heterocycles. The van der Waals surface area contributed by atoms with Gasteiger partial charge in [0.1, 0.15) is 0 Å². The summed E-state index contributed by atoms with van der Waals surface area (Å²) in [6, 6.07) is 12.1. The van der Waals surface area contributed by atoms with Crippen LogP contribution >= 0.6 is 0 Å². The highest BCUT2D eigenvalue weighted by Gasteiger charge is 2.26. The molecule has 2 saturated heterocycles. The lowest BCUT2D eigenvalue weighted by Crippen LogP contribution is -2.49. The number of piperazine rings is 1. The van der Waals surface area contributed by atoms with Crippen LogP contribution in [0.2, 0.25) is 0 Å². The van der Waals surface area contributed by atoms with Gasteiger partial charge in [-0.3, -0.25) is 9.78 Å². The van der Waals surface area contributed by atoms with E-state index in [0.717, 1.165) is 36.4 Å². The summed E-state index contributed by atoms with van der Waals surface area (Å²) in [6.45, 7) is 6.75. The Hall–Kier alpha value is -4.05. The van der Waals surface area contributed by atoms with E-state index in [1.807, 2.05) is 11.2 Å². The third kappa shape index (κ3) is 5.17. The first-order chi connectivity index (χ1) is 18.6. The van der Waals surface area contributed by atoms with Crippen molar-refractivity contribution in [3.05, 3.63) is 71.8 Å². The van der Waals surface area contributed by atoms with Crippen molar-refractivity contribution in [1.82, 2.24) is 29.4 Å². The summed E-state index contributed by atoms with van der Waals surface area (Å²) in [7, 11) is 0. The Balaban J connectivity index is 1.26. The highest BCUT2D eigenvalue weighted by molar-refractivity contribution is 5.94. The van der Waals surface area contributed by atoms with E-state index in [9.17, 15) is 4.79 Å². The van der Waals surface area contributed by atoms with Gasteiger partial charge in [-0.15, -0.1) is 0 Å². The molecule has 10 nitrogen and oxygen atoms in total. The SMILES string of the molecule is Cc1cccc(Cn2cnc3c(NCC4CCCO4)nc(N4CCN(C(=O)c5cccnc5)CC4)nc32)c1. The monoisotopic (exact) mass is 512 g/mol. The molecular formula is C28H32N8O2. The molecule has 1 amide bonds. The second kappa shape index (κ2) is 10.7. The number of anilines is 2. The normalized spacial score (nSPS) is 17.8. The average Bonchev–Trinajstić information content (AvgIpc) is 3.62. The topological polar surface area (TPSA) is 101 Å². The number of carbonyl (C=O) groups is 1. The second-order valence-electron chi connectivity index (χ2n) is 9.94. The predicted molar refractivity (Wildman–Crippen MR) is 145 cm³/mol. The number of amides is 1. The van der Waals surface area contributed by atoms with Crippen LogP contribution in [0.5, 0.6) is 0 Å². The summed E-state index contributed by atoms with van der Waals surface area (Å²) < 4.78 is 7.89. The highest BCUT2D eigenvalue weighted by atomic mass is 16.5. The summed E-state index contributed by atoms with van der Waals surface area (Å²) >= 11 is 0. The van der Waals surface area contributed by atoms with Crippen LogP contribution in [0.25, 0.3) is 11.2 Å². The van der Waals surface area contributed by atoms with E-state index in [4.69, 9.17) is 19.7 Å². The largest absolute Gasteiger partial charge is 0.376 e. The first-order valence-corrected chi connectivity index (χ1v) is 13.2. The van der Waals surface area contributed by atoms with Gasteiger partial charge in [-0.1, -0.05) is 29.8 Å². The molecule has 38 heavy (non-hydrogen) atoms. The quantitative estimate of drug-likeness (QED) is 0.403. The fraction of sp³-hybridized carbons (Fsp3) is 0.393. The van der Waals surface area contributed by atoms with Crippen molar-refractivity contribution in [2.45, 2.75) is 32.4 Å². The number of ether oxygens (including phenoxy) is 1. The average molecular weight is 513 g/mol. The van der Waals surface area contributed by atoms with E-state index >= 15 is 0 Å². The maximum atomic E-state index is 12.9. The van der Waals surface area contributed by atoms with Crippen LogP contribution in [0.3, 0.4) is 0 Å². The van der Waals surface area contributed by atoms with Gasteiger partial charge >= 0.3 is 0 Å². The number of rotatable bonds is 7. The molecule has 2 aliphatic rings. The van der Waals surface area contributed by atoms with Gasteiger partial charge in [0.2, 0.25) is 5.95 Å². The molecule has 1 unspecified atom stereocenters. The molecule has 0 aliphatic carbocycles. The number of benzene rings is 1. The number of nitrogens with zero attached hydrogens (tertiary/aromatic N) is 7. The molecule has 0 spiro atoms. The molecule has 1 atom stereocenters. The Kier molecular flexibility index (Phi) is 6.87. The van der Waals surface area contributed by atoms with Gasteiger partial charge in [-0.25, -0.2) is 4.98 Å². The lowest BCUT2D eigenvalue weighted by Gasteiger charge is -2.34. The zero-order valence-electron chi connectivity index (χ0n) is 21.6. The van der Waals surface area contributed by atoms with E-state index in [2.05, 4.69) is 51.0 Å². The number of hydrogen-bond donors (Lipinski definition) is 1. The number of pyridine rings is 1. The second-order valence-corrected chi connectivity index (χ2v) is 9.94. The van der Waals surface area contributed by atoms with Gasteiger partial charge in [0.15, 0.2) is 17.0 Å². The van der Waals surface area contributed by atoms with Crippen LogP contribution in [0.4, 0.5) is 11.8 Å². The van der Waals surface area contributed by atoms with Crippen LogP contribution < -0.4 is 10.2 Å². The van der Waals surface area contributed by atoms with Crippen LogP contribution in [0.15, 0.2) is 55.1 Å². The van der Waals surface area contributed by atoms with Crippen molar-refractivity contribution >= 4 is 28.8 Å². The van der Waals surface area contributed by atoms with Crippen LogP contribution in [0, 0.1) is 6.92 Å².